The fourth-order valence-electron chi connectivity index (χ4n) is 6.21. The highest BCUT2D eigenvalue weighted by Crippen LogP contribution is 2.53. The Morgan fingerprint density at radius 1 is 0.681 bits per heavy atom. The zero-order valence-electron chi connectivity index (χ0n) is 25.2. The molecule has 4 rings (SSSR count). The van der Waals surface area contributed by atoms with Gasteiger partial charge in [-0.25, -0.2) is 4.39 Å². The molecule has 0 aliphatic heterocycles. The minimum Gasteiger partial charge on any atom is -0.432 e. The molecule has 0 aromatic heterocycles. The van der Waals surface area contributed by atoms with Gasteiger partial charge in [-0.15, -0.1) is 0 Å². The predicted octanol–water partition coefficient (Wildman–Crippen LogP) is 11.3. The number of halogens is 12. The van der Waals surface area contributed by atoms with Gasteiger partial charge in [0.05, 0.1) is 23.5 Å². The molecule has 0 saturated heterocycles. The van der Waals surface area contributed by atoms with Crippen LogP contribution in [0.15, 0.2) is 54.6 Å². The van der Waals surface area contributed by atoms with E-state index in [1.165, 1.54) is 12.1 Å². The number of alkyl halides is 11. The zero-order chi connectivity index (χ0) is 34.8. The van der Waals surface area contributed by atoms with Crippen molar-refractivity contribution in [2.24, 2.45) is 17.8 Å². The molecule has 2 aliphatic carbocycles. The summed E-state index contributed by atoms with van der Waals surface area (Å²) in [5.74, 6) is -16.6. The molecule has 2 nitrogen and oxygen atoms in total. The summed E-state index contributed by atoms with van der Waals surface area (Å²) in [6, 6.07) is 5.52. The summed E-state index contributed by atoms with van der Waals surface area (Å²) < 4.78 is 181. The van der Waals surface area contributed by atoms with Crippen LogP contribution in [-0.2, 0) is 23.3 Å². The zero-order valence-corrected chi connectivity index (χ0v) is 25.2. The molecule has 14 heteroatoms. The fourth-order valence-corrected chi connectivity index (χ4v) is 6.21. The maximum absolute atomic E-state index is 15.1. The minimum absolute atomic E-state index is 0.182. The highest BCUT2D eigenvalue weighted by atomic mass is 19.4. The number of hydrogen-bond acceptors (Lipinski definition) is 2. The molecular formula is C33H34F12O2. The van der Waals surface area contributed by atoms with Crippen LogP contribution in [0.5, 0.6) is 5.75 Å². The van der Waals surface area contributed by atoms with Gasteiger partial charge in [0.1, 0.15) is 11.6 Å². The topological polar surface area (TPSA) is 18.5 Å². The largest absolute Gasteiger partial charge is 0.432 e. The Balaban J connectivity index is 1.29. The van der Waals surface area contributed by atoms with Crippen molar-refractivity contribution in [2.45, 2.75) is 101 Å². The van der Waals surface area contributed by atoms with Crippen molar-refractivity contribution in [3.8, 4) is 5.75 Å². The van der Waals surface area contributed by atoms with Gasteiger partial charge in [0.2, 0.25) is 0 Å². The molecule has 0 heterocycles. The third-order valence-electron chi connectivity index (χ3n) is 9.01. The molecule has 0 N–H and O–H groups in total. The maximum Gasteiger partial charge on any atom is 0.419 e. The normalized spacial score (nSPS) is 23.7. The lowest BCUT2D eigenvalue weighted by Gasteiger charge is -2.40. The van der Waals surface area contributed by atoms with Crippen molar-refractivity contribution in [3.05, 3.63) is 77.1 Å². The van der Waals surface area contributed by atoms with E-state index >= 15 is 17.6 Å². The van der Waals surface area contributed by atoms with E-state index in [4.69, 9.17) is 4.74 Å². The number of hydrogen-bond donors (Lipinski definition) is 0. The molecule has 0 radical (unpaired) electrons. The van der Waals surface area contributed by atoms with Crippen LogP contribution in [0.1, 0.15) is 75.0 Å². The Morgan fingerprint density at radius 3 is 1.74 bits per heavy atom. The van der Waals surface area contributed by atoms with E-state index in [9.17, 15) is 35.1 Å². The van der Waals surface area contributed by atoms with Crippen molar-refractivity contribution in [3.63, 3.8) is 0 Å². The lowest BCUT2D eigenvalue weighted by Crippen LogP contribution is -2.47. The first kappa shape index (κ1) is 36.9. The average Bonchev–Trinajstić information content (AvgIpc) is 2.99. The van der Waals surface area contributed by atoms with E-state index in [1.54, 1.807) is 19.1 Å². The molecule has 2 aromatic carbocycles. The van der Waals surface area contributed by atoms with Gasteiger partial charge in [-0.2, -0.15) is 48.3 Å². The van der Waals surface area contributed by atoms with E-state index in [-0.39, 0.29) is 37.8 Å². The second-order valence-electron chi connectivity index (χ2n) is 12.2. The van der Waals surface area contributed by atoms with Crippen LogP contribution in [0.3, 0.4) is 0 Å². The minimum atomic E-state index is -5.04. The lowest BCUT2D eigenvalue weighted by molar-refractivity contribution is -0.310. The lowest BCUT2D eigenvalue weighted by atomic mass is 9.76. The Kier molecular flexibility index (Phi) is 10.9. The van der Waals surface area contributed by atoms with Crippen LogP contribution in [0.4, 0.5) is 52.7 Å². The van der Waals surface area contributed by atoms with Crippen LogP contribution in [0, 0.1) is 23.6 Å². The molecule has 47 heavy (non-hydrogen) atoms. The SMILES string of the molecule is C/C=C\Cc1ccc(C(F)(F)C(F)(F)C2CCC(C(F)(F)OC3CCC(C(F)(F)Oc4ccc(C(F)(F)F)c(F)c4)CC3)CC2)cc1. The molecule has 0 spiro atoms. The quantitative estimate of drug-likeness (QED) is 0.173. The van der Waals surface area contributed by atoms with Crippen molar-refractivity contribution in [1.82, 2.24) is 0 Å². The Labute approximate surface area is 264 Å². The Morgan fingerprint density at radius 2 is 1.21 bits per heavy atom. The van der Waals surface area contributed by atoms with Gasteiger partial charge in [-0.1, -0.05) is 36.4 Å². The summed E-state index contributed by atoms with van der Waals surface area (Å²) >= 11 is 0. The van der Waals surface area contributed by atoms with Crippen LogP contribution in [-0.4, -0.2) is 24.2 Å². The molecule has 2 aromatic rings. The second-order valence-corrected chi connectivity index (χ2v) is 12.2. The number of ether oxygens (including phenoxy) is 2. The molecule has 0 unspecified atom stereocenters. The van der Waals surface area contributed by atoms with Gasteiger partial charge >= 0.3 is 30.2 Å². The van der Waals surface area contributed by atoms with E-state index < -0.39 is 102 Å². The van der Waals surface area contributed by atoms with E-state index in [2.05, 4.69) is 4.74 Å². The first-order chi connectivity index (χ1) is 21.8. The fraction of sp³-hybridized carbons (Fsp3) is 0.576. The summed E-state index contributed by atoms with van der Waals surface area (Å²) in [6.45, 7) is 1.77. The number of benzene rings is 2. The molecule has 0 amide bonds. The number of allylic oxidation sites excluding steroid dienone is 2. The molecule has 262 valence electrons. The molecule has 0 atom stereocenters. The molecule has 2 fully saturated rings. The van der Waals surface area contributed by atoms with Gasteiger partial charge in [-0.05, 0) is 82.4 Å². The molecule has 2 saturated carbocycles. The van der Waals surface area contributed by atoms with Gasteiger partial charge in [0.25, 0.3) is 0 Å². The van der Waals surface area contributed by atoms with Gasteiger partial charge < -0.3 is 9.47 Å². The van der Waals surface area contributed by atoms with Crippen molar-refractivity contribution in [1.29, 1.82) is 0 Å². The van der Waals surface area contributed by atoms with Crippen LogP contribution < -0.4 is 4.74 Å². The van der Waals surface area contributed by atoms with Gasteiger partial charge in [0.15, 0.2) is 0 Å². The van der Waals surface area contributed by atoms with E-state index in [0.717, 1.165) is 12.1 Å². The van der Waals surface area contributed by atoms with Gasteiger partial charge in [-0.3, -0.25) is 0 Å². The average molecular weight is 691 g/mol. The van der Waals surface area contributed by atoms with Crippen molar-refractivity contribution < 1.29 is 62.2 Å². The van der Waals surface area contributed by atoms with Crippen molar-refractivity contribution >= 4 is 0 Å². The maximum atomic E-state index is 15.1. The first-order valence-electron chi connectivity index (χ1n) is 15.2. The summed E-state index contributed by atoms with van der Waals surface area (Å²) in [5.41, 5.74) is -1.88. The third-order valence-corrected chi connectivity index (χ3v) is 9.01. The third kappa shape index (κ3) is 8.40. The summed E-state index contributed by atoms with van der Waals surface area (Å²) in [6.07, 6.45) is -13.6. The first-order valence-corrected chi connectivity index (χ1v) is 15.2. The smallest absolute Gasteiger partial charge is 0.419 e. The van der Waals surface area contributed by atoms with Crippen LogP contribution in [0.2, 0.25) is 0 Å². The number of rotatable bonds is 11. The van der Waals surface area contributed by atoms with Gasteiger partial charge in [0, 0.05) is 17.5 Å². The van der Waals surface area contributed by atoms with Crippen molar-refractivity contribution in [2.75, 3.05) is 0 Å². The monoisotopic (exact) mass is 690 g/mol. The highest BCUT2D eigenvalue weighted by molar-refractivity contribution is 5.31. The summed E-state index contributed by atoms with van der Waals surface area (Å²) in [7, 11) is 0. The molecule has 2 aliphatic rings. The molecule has 0 bridgehead atoms. The Hall–Kier alpha value is -2.90. The Bertz CT molecular complexity index is 1350. The summed E-state index contributed by atoms with van der Waals surface area (Å²) in [5, 5.41) is 0. The van der Waals surface area contributed by atoms with E-state index in [1.807, 2.05) is 0 Å². The summed E-state index contributed by atoms with van der Waals surface area (Å²) in [4.78, 5) is 0. The van der Waals surface area contributed by atoms with Crippen LogP contribution >= 0.6 is 0 Å². The predicted molar refractivity (Wildman–Crippen MR) is 148 cm³/mol. The standard InChI is InChI=1S/C33H34F12O2/c1-2-3-4-20-5-7-21(8-6-20)29(35,36)30(37,38)22-9-11-23(12-10-22)32(42,43)46-25-15-13-24(14-16-25)33(44,45)47-26-17-18-27(28(34)19-26)31(39,40)41/h2-3,5-8,17-19,22-25H,4,9-16H2,1H3/b3-2-. The molecular weight excluding hydrogens is 656 g/mol. The van der Waals surface area contributed by atoms with E-state index in [0.29, 0.717) is 18.1 Å². The highest BCUT2D eigenvalue weighted by Gasteiger charge is 2.62. The second kappa shape index (κ2) is 13.9. The van der Waals surface area contributed by atoms with Crippen LogP contribution in [0.25, 0.3) is 0 Å².